The molecule has 0 aliphatic heterocycles. The van der Waals surface area contributed by atoms with Crippen LogP contribution >= 0.6 is 0 Å². The summed E-state index contributed by atoms with van der Waals surface area (Å²) in [6.45, 7) is -0.397. The van der Waals surface area contributed by atoms with E-state index in [1.165, 1.54) is 48.7 Å². The summed E-state index contributed by atoms with van der Waals surface area (Å²) in [6.07, 6.45) is -3.80. The zero-order valence-corrected chi connectivity index (χ0v) is 17.9. The second-order valence-electron chi connectivity index (χ2n) is 7.23. The van der Waals surface area contributed by atoms with Crippen LogP contribution in [0.3, 0.4) is 0 Å². The summed E-state index contributed by atoms with van der Waals surface area (Å²) in [4.78, 5) is 16.2. The quantitative estimate of drug-likeness (QED) is 0.243. The van der Waals surface area contributed by atoms with Gasteiger partial charge in [-0.3, -0.25) is 9.78 Å². The number of anilines is 1. The Hall–Kier alpha value is -3.92. The molecule has 1 amide bonds. The van der Waals surface area contributed by atoms with Crippen molar-refractivity contribution in [3.05, 3.63) is 113 Å². The van der Waals surface area contributed by atoms with Gasteiger partial charge >= 0.3 is 12.4 Å². The number of aromatic nitrogens is 1. The third-order valence-electron chi connectivity index (χ3n) is 4.85. The van der Waals surface area contributed by atoms with Crippen LogP contribution in [0.2, 0.25) is 0 Å². The van der Waals surface area contributed by atoms with Crippen LogP contribution in [0.5, 0.6) is 0 Å². The Morgan fingerprint density at radius 1 is 0.857 bits per heavy atom. The lowest BCUT2D eigenvalue weighted by molar-refractivity contribution is -0.138. The lowest BCUT2D eigenvalue weighted by atomic mass is 9.95. The molecule has 10 heteroatoms. The summed E-state index contributed by atoms with van der Waals surface area (Å²) in [6, 6.07) is 11.3. The summed E-state index contributed by atoms with van der Waals surface area (Å²) in [7, 11) is 0. The van der Waals surface area contributed by atoms with Gasteiger partial charge in [-0.15, -0.1) is 0 Å². The number of hydrogen-bond donors (Lipinski definition) is 2. The molecule has 0 radical (unpaired) electrons. The van der Waals surface area contributed by atoms with Gasteiger partial charge in [-0.25, -0.2) is 0 Å². The minimum atomic E-state index is -4.55. The first-order valence-corrected chi connectivity index (χ1v) is 10.1. The Kier molecular flexibility index (Phi) is 7.75. The maximum absolute atomic E-state index is 12.9. The zero-order valence-electron chi connectivity index (χ0n) is 17.9. The van der Waals surface area contributed by atoms with Gasteiger partial charge in [0.25, 0.3) is 0 Å². The molecule has 0 atom stereocenters. The van der Waals surface area contributed by atoms with Crippen molar-refractivity contribution < 1.29 is 36.2 Å². The normalized spacial score (nSPS) is 12.0. The Morgan fingerprint density at radius 3 is 1.83 bits per heavy atom. The number of alkyl halides is 6. The summed E-state index contributed by atoms with van der Waals surface area (Å²) < 4.78 is 77.6. The number of carbonyl (C=O) groups is 1. The number of carbonyl (C=O) groups excluding carboxylic acids is 1. The number of nitrogens with one attached hydrogen (secondary N) is 1. The molecule has 0 aliphatic rings. The second kappa shape index (κ2) is 10.6. The fourth-order valence-electron chi connectivity index (χ4n) is 3.12. The molecule has 0 saturated heterocycles. The van der Waals surface area contributed by atoms with E-state index in [-0.39, 0.29) is 5.69 Å². The highest BCUT2D eigenvalue weighted by atomic mass is 19.4. The number of allylic oxidation sites excluding steroid dienone is 2. The van der Waals surface area contributed by atoms with Gasteiger partial charge in [-0.2, -0.15) is 26.3 Å². The smallest absolute Gasteiger partial charge is 0.390 e. The van der Waals surface area contributed by atoms with Gasteiger partial charge in [0.05, 0.1) is 29.1 Å². The predicted octanol–water partition coefficient (Wildman–Crippen LogP) is 6.24. The number of hydrogen-bond acceptors (Lipinski definition) is 3. The molecule has 1 aromatic heterocycles. The second-order valence-corrected chi connectivity index (χ2v) is 7.23. The van der Waals surface area contributed by atoms with Crippen LogP contribution in [-0.4, -0.2) is 16.0 Å². The SMILES string of the molecule is O=C(C=CC=C(c1ccc(C(F)(F)F)cc1)c1ccc(C(F)(F)F)cc1)Nc1cccnc1CO. The van der Waals surface area contributed by atoms with Crippen LogP contribution in [0.1, 0.15) is 27.9 Å². The molecule has 0 unspecified atom stereocenters. The fraction of sp³-hybridized carbons (Fsp3) is 0.120. The van der Waals surface area contributed by atoms with E-state index in [4.69, 9.17) is 0 Å². The van der Waals surface area contributed by atoms with E-state index in [0.717, 1.165) is 30.3 Å². The van der Waals surface area contributed by atoms with Crippen molar-refractivity contribution in [1.29, 1.82) is 0 Å². The number of aliphatic hydroxyl groups is 1. The van der Waals surface area contributed by atoms with Gasteiger partial charge in [-0.1, -0.05) is 36.4 Å². The molecular weight excluding hydrogens is 474 g/mol. The first-order chi connectivity index (χ1) is 16.5. The summed E-state index contributed by atoms with van der Waals surface area (Å²) in [5, 5.41) is 11.8. The largest absolute Gasteiger partial charge is 0.416 e. The average Bonchev–Trinajstić information content (AvgIpc) is 2.81. The van der Waals surface area contributed by atoms with Crippen LogP contribution < -0.4 is 5.32 Å². The number of aliphatic hydroxyl groups excluding tert-OH is 1. The number of amides is 1. The predicted molar refractivity (Wildman–Crippen MR) is 118 cm³/mol. The lowest BCUT2D eigenvalue weighted by Crippen LogP contribution is -2.10. The molecule has 0 saturated carbocycles. The van der Waals surface area contributed by atoms with Crippen LogP contribution in [0.15, 0.2) is 85.1 Å². The van der Waals surface area contributed by atoms with Crippen molar-refractivity contribution in [3.63, 3.8) is 0 Å². The molecule has 182 valence electrons. The number of rotatable bonds is 6. The van der Waals surface area contributed by atoms with Crippen LogP contribution in [-0.2, 0) is 23.8 Å². The molecule has 0 spiro atoms. The summed E-state index contributed by atoms with van der Waals surface area (Å²) >= 11 is 0. The average molecular weight is 492 g/mol. The standard InChI is InChI=1S/C25H18F6N2O2/c26-24(27,28)18-10-6-16(7-11-18)20(17-8-12-19(13-9-17)25(29,30)31)3-1-5-23(35)33-21-4-2-14-32-22(21)15-34/h1-14,34H,15H2,(H,33,35). The molecule has 0 bridgehead atoms. The third kappa shape index (κ3) is 6.80. The van der Waals surface area contributed by atoms with E-state index in [2.05, 4.69) is 10.3 Å². The van der Waals surface area contributed by atoms with E-state index in [0.29, 0.717) is 22.4 Å². The van der Waals surface area contributed by atoms with Crippen LogP contribution in [0.4, 0.5) is 32.0 Å². The van der Waals surface area contributed by atoms with E-state index >= 15 is 0 Å². The Balaban J connectivity index is 1.92. The van der Waals surface area contributed by atoms with E-state index < -0.39 is 36.0 Å². The highest BCUT2D eigenvalue weighted by Gasteiger charge is 2.31. The van der Waals surface area contributed by atoms with Gasteiger partial charge in [-0.05, 0) is 53.1 Å². The molecule has 2 aromatic carbocycles. The van der Waals surface area contributed by atoms with Gasteiger partial charge in [0.2, 0.25) is 5.91 Å². The molecule has 1 heterocycles. The van der Waals surface area contributed by atoms with Crippen LogP contribution in [0, 0.1) is 0 Å². The minimum absolute atomic E-state index is 0.250. The van der Waals surface area contributed by atoms with Crippen molar-refractivity contribution in [2.24, 2.45) is 0 Å². The Morgan fingerprint density at radius 2 is 1.37 bits per heavy atom. The molecule has 0 fully saturated rings. The molecular formula is C25H18F6N2O2. The van der Waals surface area contributed by atoms with Gasteiger partial charge < -0.3 is 10.4 Å². The molecule has 35 heavy (non-hydrogen) atoms. The number of nitrogens with zero attached hydrogens (tertiary/aromatic N) is 1. The van der Waals surface area contributed by atoms with E-state index in [1.807, 2.05) is 0 Å². The fourth-order valence-corrected chi connectivity index (χ4v) is 3.12. The molecule has 3 aromatic rings. The Labute approximate surface area is 196 Å². The lowest BCUT2D eigenvalue weighted by Gasteiger charge is -2.12. The number of benzene rings is 2. The van der Waals surface area contributed by atoms with Crippen LogP contribution in [0.25, 0.3) is 5.57 Å². The van der Waals surface area contributed by atoms with Crippen molar-refractivity contribution in [3.8, 4) is 0 Å². The van der Waals surface area contributed by atoms with Crippen molar-refractivity contribution >= 4 is 17.2 Å². The summed E-state index contributed by atoms with van der Waals surface area (Å²) in [5.74, 6) is -0.580. The Bertz CT molecular complexity index is 1170. The third-order valence-corrected chi connectivity index (χ3v) is 4.85. The molecule has 0 aliphatic carbocycles. The summed E-state index contributed by atoms with van der Waals surface area (Å²) in [5.41, 5.74) is -0.304. The topological polar surface area (TPSA) is 62.2 Å². The maximum Gasteiger partial charge on any atom is 0.416 e. The van der Waals surface area contributed by atoms with Crippen molar-refractivity contribution in [2.75, 3.05) is 5.32 Å². The first-order valence-electron chi connectivity index (χ1n) is 10.1. The monoisotopic (exact) mass is 492 g/mol. The zero-order chi connectivity index (χ0) is 25.6. The minimum Gasteiger partial charge on any atom is -0.390 e. The molecule has 3 rings (SSSR count). The molecule has 2 N–H and O–H groups in total. The number of halogens is 6. The van der Waals surface area contributed by atoms with Crippen molar-refractivity contribution in [2.45, 2.75) is 19.0 Å². The highest BCUT2D eigenvalue weighted by molar-refractivity contribution is 6.00. The van der Waals surface area contributed by atoms with E-state index in [9.17, 15) is 36.2 Å². The van der Waals surface area contributed by atoms with Gasteiger partial charge in [0.1, 0.15) is 0 Å². The van der Waals surface area contributed by atoms with Gasteiger partial charge in [0.15, 0.2) is 0 Å². The van der Waals surface area contributed by atoms with E-state index in [1.54, 1.807) is 6.07 Å². The molecule has 4 nitrogen and oxygen atoms in total. The first kappa shape index (κ1) is 25.7. The number of pyridine rings is 1. The maximum atomic E-state index is 12.9. The highest BCUT2D eigenvalue weighted by Crippen LogP contribution is 2.33. The van der Waals surface area contributed by atoms with Gasteiger partial charge in [0, 0.05) is 12.3 Å². The van der Waals surface area contributed by atoms with Crippen molar-refractivity contribution in [1.82, 2.24) is 4.98 Å².